The van der Waals surface area contributed by atoms with E-state index in [1.54, 1.807) is 0 Å². The molecule has 3 nitrogen and oxygen atoms in total. The lowest BCUT2D eigenvalue weighted by Gasteiger charge is -2.14. The van der Waals surface area contributed by atoms with E-state index in [1.165, 1.54) is 40.8 Å². The number of nitrogens with one attached hydrogen (secondary N) is 2. The molecule has 0 spiro atoms. The van der Waals surface area contributed by atoms with Crippen LogP contribution in [0, 0.1) is 13.8 Å². The molecule has 1 aliphatic rings. The number of hydrogen-bond acceptors (Lipinski definition) is 2. The fraction of sp³-hybridized carbons (Fsp3) is 0.471. The van der Waals surface area contributed by atoms with Crippen LogP contribution in [0.2, 0.25) is 0 Å². The molecule has 1 aromatic carbocycles. The first-order valence-corrected chi connectivity index (χ1v) is 7.55. The van der Waals surface area contributed by atoms with Gasteiger partial charge in [-0.25, -0.2) is 0 Å². The van der Waals surface area contributed by atoms with Crippen LogP contribution in [0.15, 0.2) is 24.4 Å². The van der Waals surface area contributed by atoms with Gasteiger partial charge in [0.25, 0.3) is 0 Å². The first kappa shape index (κ1) is 13.4. The third-order valence-corrected chi connectivity index (χ3v) is 4.33. The minimum absolute atomic E-state index is 0.551. The molecule has 1 aliphatic carbocycles. The molecule has 106 valence electrons. The van der Waals surface area contributed by atoms with Gasteiger partial charge in [0.05, 0.1) is 6.20 Å². The second-order valence-corrected chi connectivity index (χ2v) is 5.87. The summed E-state index contributed by atoms with van der Waals surface area (Å²) in [7, 11) is 0. The number of hydrogen-bond donors (Lipinski definition) is 2. The molecule has 0 amide bonds. The number of fused-ring (bicyclic) bond motifs is 1. The zero-order chi connectivity index (χ0) is 13.9. The van der Waals surface area contributed by atoms with Gasteiger partial charge >= 0.3 is 0 Å². The van der Waals surface area contributed by atoms with Crippen molar-refractivity contribution in [2.45, 2.75) is 45.6 Å². The van der Waals surface area contributed by atoms with Gasteiger partial charge in [-0.2, -0.15) is 5.10 Å². The summed E-state index contributed by atoms with van der Waals surface area (Å²) in [5.41, 5.74) is 6.95. The highest BCUT2D eigenvalue weighted by atomic mass is 15.1. The molecule has 2 aromatic rings. The predicted octanol–water partition coefficient (Wildman–Crippen LogP) is 3.24. The Balaban J connectivity index is 1.51. The Morgan fingerprint density at radius 1 is 1.35 bits per heavy atom. The maximum Gasteiger partial charge on any atom is 0.0522 e. The van der Waals surface area contributed by atoms with Gasteiger partial charge in [-0.05, 0) is 62.8 Å². The molecule has 1 aromatic heterocycles. The molecular weight excluding hydrogens is 246 g/mol. The van der Waals surface area contributed by atoms with Crippen LogP contribution in [0.25, 0.3) is 0 Å². The van der Waals surface area contributed by atoms with Gasteiger partial charge in [0.1, 0.15) is 0 Å². The van der Waals surface area contributed by atoms with Crippen LogP contribution in [-0.4, -0.2) is 16.7 Å². The molecule has 0 saturated carbocycles. The molecule has 0 radical (unpaired) electrons. The first-order valence-electron chi connectivity index (χ1n) is 7.55. The average Bonchev–Trinajstić information content (AvgIpc) is 3.01. The molecule has 1 atom stereocenters. The van der Waals surface area contributed by atoms with Crippen LogP contribution >= 0.6 is 0 Å². The van der Waals surface area contributed by atoms with Crippen molar-refractivity contribution in [3.05, 3.63) is 52.3 Å². The van der Waals surface area contributed by atoms with Crippen molar-refractivity contribution in [3.63, 3.8) is 0 Å². The van der Waals surface area contributed by atoms with E-state index in [4.69, 9.17) is 0 Å². The Bertz CT molecular complexity index is 586. The molecule has 0 aliphatic heterocycles. The van der Waals surface area contributed by atoms with Crippen molar-refractivity contribution in [3.8, 4) is 0 Å². The van der Waals surface area contributed by atoms with Crippen molar-refractivity contribution < 1.29 is 0 Å². The van der Waals surface area contributed by atoms with Crippen molar-refractivity contribution in [2.24, 2.45) is 0 Å². The van der Waals surface area contributed by atoms with Crippen molar-refractivity contribution in [1.82, 2.24) is 15.5 Å². The zero-order valence-electron chi connectivity index (χ0n) is 12.4. The maximum absolute atomic E-state index is 4.07. The summed E-state index contributed by atoms with van der Waals surface area (Å²) in [5.74, 6) is 0. The van der Waals surface area contributed by atoms with Crippen LogP contribution in [0.3, 0.4) is 0 Å². The quantitative estimate of drug-likeness (QED) is 0.818. The summed E-state index contributed by atoms with van der Waals surface area (Å²) in [6, 6.07) is 7.42. The topological polar surface area (TPSA) is 40.7 Å². The zero-order valence-corrected chi connectivity index (χ0v) is 12.4. The fourth-order valence-electron chi connectivity index (χ4n) is 3.12. The second-order valence-electron chi connectivity index (χ2n) is 5.87. The number of aryl methyl sites for hydroxylation is 4. The second kappa shape index (κ2) is 5.80. The summed E-state index contributed by atoms with van der Waals surface area (Å²) in [6.07, 6.45) is 6.67. The van der Waals surface area contributed by atoms with Gasteiger partial charge in [-0.15, -0.1) is 0 Å². The molecule has 1 unspecified atom stereocenters. The lowest BCUT2D eigenvalue weighted by atomic mass is 10.0. The molecular formula is C17H23N3. The molecule has 0 bridgehead atoms. The van der Waals surface area contributed by atoms with Gasteiger partial charge in [-0.1, -0.05) is 23.8 Å². The minimum atomic E-state index is 0.551. The lowest BCUT2D eigenvalue weighted by Crippen LogP contribution is -2.21. The smallest absolute Gasteiger partial charge is 0.0522 e. The van der Waals surface area contributed by atoms with E-state index < -0.39 is 0 Å². The van der Waals surface area contributed by atoms with Gasteiger partial charge in [-0.3, -0.25) is 5.10 Å². The molecule has 2 N–H and O–H groups in total. The predicted molar refractivity (Wildman–Crippen MR) is 81.9 cm³/mol. The standard InChI is InChI=1S/C17H23N3/c1-12-5-6-14-7-8-17(16(14)10-12)18-9-3-4-15-11-19-20-13(15)2/h5-6,10-11,17-18H,3-4,7-9H2,1-2H3,(H,19,20). The minimum Gasteiger partial charge on any atom is -0.310 e. The lowest BCUT2D eigenvalue weighted by molar-refractivity contribution is 0.520. The molecule has 0 saturated heterocycles. The largest absolute Gasteiger partial charge is 0.310 e. The van der Waals surface area contributed by atoms with E-state index in [-0.39, 0.29) is 0 Å². The van der Waals surface area contributed by atoms with E-state index in [9.17, 15) is 0 Å². The summed E-state index contributed by atoms with van der Waals surface area (Å²) < 4.78 is 0. The Hall–Kier alpha value is -1.61. The van der Waals surface area contributed by atoms with Crippen LogP contribution in [-0.2, 0) is 12.8 Å². The maximum atomic E-state index is 4.07. The Morgan fingerprint density at radius 2 is 2.25 bits per heavy atom. The summed E-state index contributed by atoms with van der Waals surface area (Å²) in [4.78, 5) is 0. The van der Waals surface area contributed by atoms with E-state index in [0.717, 1.165) is 19.4 Å². The van der Waals surface area contributed by atoms with Crippen LogP contribution in [0.4, 0.5) is 0 Å². The van der Waals surface area contributed by atoms with E-state index in [1.807, 2.05) is 6.20 Å². The van der Waals surface area contributed by atoms with Gasteiger partial charge in [0, 0.05) is 11.7 Å². The number of aromatic nitrogens is 2. The van der Waals surface area contributed by atoms with E-state index >= 15 is 0 Å². The SMILES string of the molecule is Cc1ccc2c(c1)C(NCCCc1cn[nH]c1C)CC2. The molecule has 3 rings (SSSR count). The Labute approximate surface area is 120 Å². The molecule has 1 heterocycles. The van der Waals surface area contributed by atoms with Crippen molar-refractivity contribution in [2.75, 3.05) is 6.54 Å². The van der Waals surface area contributed by atoms with Gasteiger partial charge in [0.15, 0.2) is 0 Å². The van der Waals surface area contributed by atoms with E-state index in [0.29, 0.717) is 6.04 Å². The highest BCUT2D eigenvalue weighted by molar-refractivity contribution is 5.37. The van der Waals surface area contributed by atoms with Crippen LogP contribution < -0.4 is 5.32 Å². The number of H-pyrrole nitrogens is 1. The summed E-state index contributed by atoms with van der Waals surface area (Å²) >= 11 is 0. The highest BCUT2D eigenvalue weighted by Gasteiger charge is 2.21. The number of aromatic amines is 1. The molecule has 3 heteroatoms. The highest BCUT2D eigenvalue weighted by Crippen LogP contribution is 2.31. The van der Waals surface area contributed by atoms with Gasteiger partial charge in [0.2, 0.25) is 0 Å². The van der Waals surface area contributed by atoms with Gasteiger partial charge < -0.3 is 5.32 Å². The third kappa shape index (κ3) is 2.78. The summed E-state index contributed by atoms with van der Waals surface area (Å²) in [5, 5.41) is 10.8. The summed E-state index contributed by atoms with van der Waals surface area (Å²) in [6.45, 7) is 5.34. The normalized spacial score (nSPS) is 17.4. The fourth-order valence-corrected chi connectivity index (χ4v) is 3.12. The van der Waals surface area contributed by atoms with Crippen molar-refractivity contribution in [1.29, 1.82) is 0 Å². The Kier molecular flexibility index (Phi) is 3.88. The van der Waals surface area contributed by atoms with E-state index in [2.05, 4.69) is 47.6 Å². The monoisotopic (exact) mass is 269 g/mol. The number of rotatable bonds is 5. The third-order valence-electron chi connectivity index (χ3n) is 4.33. The molecule has 0 fully saturated rings. The number of benzene rings is 1. The number of nitrogens with zero attached hydrogens (tertiary/aromatic N) is 1. The average molecular weight is 269 g/mol. The Morgan fingerprint density at radius 3 is 3.05 bits per heavy atom. The van der Waals surface area contributed by atoms with Crippen LogP contribution in [0.1, 0.15) is 46.8 Å². The molecule has 20 heavy (non-hydrogen) atoms. The van der Waals surface area contributed by atoms with Crippen molar-refractivity contribution >= 4 is 0 Å². The van der Waals surface area contributed by atoms with Crippen LogP contribution in [0.5, 0.6) is 0 Å². The first-order chi connectivity index (χ1) is 9.74.